The van der Waals surface area contributed by atoms with Gasteiger partial charge in [-0.15, -0.1) is 0 Å². The van der Waals surface area contributed by atoms with Gasteiger partial charge in [0.05, 0.1) is 7.11 Å². The van der Waals surface area contributed by atoms with Crippen molar-refractivity contribution in [2.24, 2.45) is 0 Å². The maximum Gasteiger partial charge on any atom is 0.407 e. The Hall–Kier alpha value is -3.35. The van der Waals surface area contributed by atoms with Crippen LogP contribution in [0.5, 0.6) is 5.75 Å². The Morgan fingerprint density at radius 2 is 1.51 bits per heavy atom. The van der Waals surface area contributed by atoms with Gasteiger partial charge in [-0.2, -0.15) is 0 Å². The van der Waals surface area contributed by atoms with Crippen LogP contribution in [0.2, 0.25) is 0 Å². The maximum absolute atomic E-state index is 11.8. The zero-order valence-corrected chi connectivity index (χ0v) is 20.2. The molecule has 0 aromatic heterocycles. The van der Waals surface area contributed by atoms with Crippen molar-refractivity contribution in [1.29, 1.82) is 0 Å². The summed E-state index contributed by atoms with van der Waals surface area (Å²) in [7, 11) is 1.71. The predicted molar refractivity (Wildman–Crippen MR) is 137 cm³/mol. The first-order valence-electron chi connectivity index (χ1n) is 12.3. The van der Waals surface area contributed by atoms with Crippen LogP contribution < -0.4 is 4.74 Å². The highest BCUT2D eigenvalue weighted by molar-refractivity contribution is 5.65. The van der Waals surface area contributed by atoms with Crippen LogP contribution in [0.15, 0.2) is 84.9 Å². The quantitative estimate of drug-likeness (QED) is 0.578. The SMILES string of the molecule is COc1ccccc1CN1C[C@@H]2CN(C(=O)O)CCN2[C@H](C(c2ccccc2)c2ccccc2)C1. The van der Waals surface area contributed by atoms with E-state index >= 15 is 0 Å². The summed E-state index contributed by atoms with van der Waals surface area (Å²) < 4.78 is 5.63. The standard InChI is InChI=1S/C29H33N3O3/c1-35-27-15-9-8-14-24(27)18-30-19-25-20-31(29(33)34)16-17-32(25)26(21-30)28(22-10-4-2-5-11-22)23-12-6-3-7-13-23/h2-15,25-26,28H,16-21H2,1H3,(H,33,34)/t25-,26+/m1/s1. The lowest BCUT2D eigenvalue weighted by Crippen LogP contribution is -2.67. The smallest absolute Gasteiger partial charge is 0.407 e. The minimum Gasteiger partial charge on any atom is -0.496 e. The summed E-state index contributed by atoms with van der Waals surface area (Å²) in [6.45, 7) is 4.33. The Morgan fingerprint density at radius 3 is 2.14 bits per heavy atom. The topological polar surface area (TPSA) is 56.3 Å². The average Bonchev–Trinajstić information content (AvgIpc) is 2.90. The number of piperazine rings is 2. The third kappa shape index (κ3) is 5.04. The van der Waals surface area contributed by atoms with Gasteiger partial charge in [0.1, 0.15) is 5.75 Å². The lowest BCUT2D eigenvalue weighted by Gasteiger charge is -2.53. The van der Waals surface area contributed by atoms with E-state index in [-0.39, 0.29) is 18.0 Å². The monoisotopic (exact) mass is 471 g/mol. The Bertz CT molecular complexity index is 1080. The molecule has 0 saturated carbocycles. The Kier molecular flexibility index (Phi) is 7.02. The molecule has 3 aromatic carbocycles. The second-order valence-electron chi connectivity index (χ2n) is 9.49. The van der Waals surface area contributed by atoms with Gasteiger partial charge in [0, 0.05) is 62.8 Å². The minimum absolute atomic E-state index is 0.142. The van der Waals surface area contributed by atoms with Gasteiger partial charge in [-0.1, -0.05) is 78.9 Å². The molecular formula is C29H33N3O3. The van der Waals surface area contributed by atoms with E-state index in [4.69, 9.17) is 4.74 Å². The molecule has 2 aliphatic rings. The molecule has 182 valence electrons. The van der Waals surface area contributed by atoms with Crippen molar-refractivity contribution >= 4 is 6.09 Å². The first kappa shape index (κ1) is 23.4. The number of para-hydroxylation sites is 1. The molecule has 6 heteroatoms. The molecule has 2 aliphatic heterocycles. The molecule has 3 aromatic rings. The van der Waals surface area contributed by atoms with Gasteiger partial charge >= 0.3 is 6.09 Å². The zero-order chi connectivity index (χ0) is 24.2. The Morgan fingerprint density at radius 1 is 0.886 bits per heavy atom. The predicted octanol–water partition coefficient (Wildman–Crippen LogP) is 4.38. The number of hydrogen-bond donors (Lipinski definition) is 1. The van der Waals surface area contributed by atoms with Gasteiger partial charge in [-0.25, -0.2) is 4.79 Å². The van der Waals surface area contributed by atoms with Gasteiger partial charge in [-0.3, -0.25) is 9.80 Å². The van der Waals surface area contributed by atoms with E-state index < -0.39 is 6.09 Å². The van der Waals surface area contributed by atoms with E-state index in [0.717, 1.165) is 37.5 Å². The second kappa shape index (κ2) is 10.5. The van der Waals surface area contributed by atoms with Gasteiger partial charge < -0.3 is 14.7 Å². The molecule has 5 rings (SSSR count). The summed E-state index contributed by atoms with van der Waals surface area (Å²) in [6.07, 6.45) is -0.828. The number of rotatable bonds is 6. The Labute approximate surface area is 207 Å². The molecule has 2 saturated heterocycles. The largest absolute Gasteiger partial charge is 0.496 e. The van der Waals surface area contributed by atoms with Crippen molar-refractivity contribution in [3.8, 4) is 5.75 Å². The third-order valence-electron chi connectivity index (χ3n) is 7.43. The Balaban J connectivity index is 1.52. The summed E-state index contributed by atoms with van der Waals surface area (Å²) >= 11 is 0. The van der Waals surface area contributed by atoms with E-state index in [1.165, 1.54) is 11.1 Å². The molecule has 1 N–H and O–H groups in total. The molecule has 2 fully saturated rings. The molecule has 1 amide bonds. The number of hydrogen-bond acceptors (Lipinski definition) is 4. The molecular weight excluding hydrogens is 438 g/mol. The number of carbonyl (C=O) groups is 1. The fraction of sp³-hybridized carbons (Fsp3) is 0.345. The number of fused-ring (bicyclic) bond motifs is 1. The summed E-state index contributed by atoms with van der Waals surface area (Å²) in [6, 6.07) is 30.0. The third-order valence-corrected chi connectivity index (χ3v) is 7.43. The molecule has 2 heterocycles. The molecule has 2 atom stereocenters. The molecule has 0 aliphatic carbocycles. The number of methoxy groups -OCH3 is 1. The van der Waals surface area contributed by atoms with Crippen molar-refractivity contribution in [1.82, 2.24) is 14.7 Å². The van der Waals surface area contributed by atoms with E-state index in [9.17, 15) is 9.90 Å². The summed E-state index contributed by atoms with van der Waals surface area (Å²) in [5.41, 5.74) is 3.74. The van der Waals surface area contributed by atoms with E-state index in [1.54, 1.807) is 12.0 Å². The van der Waals surface area contributed by atoms with Crippen molar-refractivity contribution in [3.63, 3.8) is 0 Å². The van der Waals surface area contributed by atoms with Gasteiger partial charge in [0.15, 0.2) is 0 Å². The number of carboxylic acid groups (broad SMARTS) is 1. The average molecular weight is 472 g/mol. The number of benzene rings is 3. The molecule has 0 radical (unpaired) electrons. The first-order valence-corrected chi connectivity index (χ1v) is 12.3. The fourth-order valence-corrected chi connectivity index (χ4v) is 5.84. The molecule has 0 unspecified atom stereocenters. The number of amides is 1. The van der Waals surface area contributed by atoms with Gasteiger partial charge in [0.25, 0.3) is 0 Å². The van der Waals surface area contributed by atoms with Crippen molar-refractivity contribution < 1.29 is 14.6 Å². The van der Waals surface area contributed by atoms with Gasteiger partial charge in [-0.05, 0) is 17.2 Å². The van der Waals surface area contributed by atoms with Crippen LogP contribution in [0.3, 0.4) is 0 Å². The number of nitrogens with zero attached hydrogens (tertiary/aromatic N) is 3. The zero-order valence-electron chi connectivity index (χ0n) is 20.2. The highest BCUT2D eigenvalue weighted by atomic mass is 16.5. The van der Waals surface area contributed by atoms with E-state index in [0.29, 0.717) is 13.1 Å². The van der Waals surface area contributed by atoms with Crippen molar-refractivity contribution in [3.05, 3.63) is 102 Å². The number of ether oxygens (including phenoxy) is 1. The molecule has 0 spiro atoms. The minimum atomic E-state index is -0.828. The van der Waals surface area contributed by atoms with E-state index in [2.05, 4.69) is 82.6 Å². The molecule has 6 nitrogen and oxygen atoms in total. The highest BCUT2D eigenvalue weighted by Crippen LogP contribution is 2.36. The van der Waals surface area contributed by atoms with Crippen LogP contribution in [0.25, 0.3) is 0 Å². The molecule has 0 bridgehead atoms. The van der Waals surface area contributed by atoms with Crippen LogP contribution in [-0.4, -0.2) is 77.8 Å². The normalized spacial score (nSPS) is 21.0. The van der Waals surface area contributed by atoms with Crippen LogP contribution in [0.4, 0.5) is 4.79 Å². The van der Waals surface area contributed by atoms with Crippen LogP contribution in [0, 0.1) is 0 Å². The summed E-state index contributed by atoms with van der Waals surface area (Å²) in [5, 5.41) is 9.71. The van der Waals surface area contributed by atoms with Crippen LogP contribution >= 0.6 is 0 Å². The molecule has 35 heavy (non-hydrogen) atoms. The summed E-state index contributed by atoms with van der Waals surface area (Å²) in [4.78, 5) is 18.4. The van der Waals surface area contributed by atoms with Crippen LogP contribution in [0.1, 0.15) is 22.6 Å². The van der Waals surface area contributed by atoms with Crippen molar-refractivity contribution in [2.75, 3.05) is 39.8 Å². The van der Waals surface area contributed by atoms with Gasteiger partial charge in [0.2, 0.25) is 0 Å². The van der Waals surface area contributed by atoms with Crippen LogP contribution in [-0.2, 0) is 6.54 Å². The lowest BCUT2D eigenvalue weighted by atomic mass is 9.81. The lowest BCUT2D eigenvalue weighted by molar-refractivity contribution is -0.0294. The van der Waals surface area contributed by atoms with Crippen molar-refractivity contribution in [2.45, 2.75) is 24.5 Å². The first-order chi connectivity index (χ1) is 17.1. The highest BCUT2D eigenvalue weighted by Gasteiger charge is 2.43. The van der Waals surface area contributed by atoms with E-state index in [1.807, 2.05) is 12.1 Å². The fourth-order valence-electron chi connectivity index (χ4n) is 5.84. The second-order valence-corrected chi connectivity index (χ2v) is 9.49. The maximum atomic E-state index is 11.8. The summed E-state index contributed by atoms with van der Waals surface area (Å²) in [5.74, 6) is 1.08.